The fourth-order valence-electron chi connectivity index (χ4n) is 3.26. The van der Waals surface area contributed by atoms with Crippen molar-refractivity contribution >= 4 is 5.96 Å². The maximum absolute atomic E-state index is 13.6. The van der Waals surface area contributed by atoms with Crippen LogP contribution in [0.2, 0.25) is 0 Å². The van der Waals surface area contributed by atoms with Crippen LogP contribution >= 0.6 is 0 Å². The molecule has 1 aromatic heterocycles. The van der Waals surface area contributed by atoms with Gasteiger partial charge < -0.3 is 25.2 Å². The van der Waals surface area contributed by atoms with Gasteiger partial charge in [0.15, 0.2) is 5.96 Å². The molecule has 0 aliphatic carbocycles. The second-order valence-corrected chi connectivity index (χ2v) is 7.44. The largest absolute Gasteiger partial charge is 0.424 e. The minimum Gasteiger partial charge on any atom is -0.374 e. The number of guanidine groups is 1. The number of rotatable bonds is 12. The number of hydrogen-bond acceptors (Lipinski definition) is 4. The number of aliphatic imine (C=N–C) groups is 1. The molecule has 0 radical (unpaired) electrons. The van der Waals surface area contributed by atoms with E-state index >= 15 is 0 Å². The molecule has 30 heavy (non-hydrogen) atoms. The second kappa shape index (κ2) is 12.1. The highest BCUT2D eigenvalue weighted by molar-refractivity contribution is 5.80. The number of aromatic nitrogens is 2. The molecular formula is C20H37F3N6O. The SMILES string of the molecule is CCNC(=NCCC(O)(c1nccn1C)C(F)(F)F)NC(C)CCCN(CC)CC. The summed E-state index contributed by atoms with van der Waals surface area (Å²) in [5.41, 5.74) is -3.05. The number of alkyl halides is 3. The van der Waals surface area contributed by atoms with E-state index in [0.29, 0.717) is 12.5 Å². The van der Waals surface area contributed by atoms with E-state index in [2.05, 4.69) is 39.4 Å². The molecule has 0 amide bonds. The van der Waals surface area contributed by atoms with Crippen LogP contribution in [0.1, 0.15) is 52.8 Å². The molecule has 2 atom stereocenters. The number of halogens is 3. The number of aliphatic hydroxyl groups is 1. The Hall–Kier alpha value is -1.81. The summed E-state index contributed by atoms with van der Waals surface area (Å²) in [7, 11) is 1.42. The van der Waals surface area contributed by atoms with Crippen LogP contribution in [0.3, 0.4) is 0 Å². The van der Waals surface area contributed by atoms with Crippen molar-refractivity contribution < 1.29 is 18.3 Å². The molecule has 1 heterocycles. The van der Waals surface area contributed by atoms with E-state index in [-0.39, 0.29) is 12.6 Å². The van der Waals surface area contributed by atoms with Gasteiger partial charge in [0.05, 0.1) is 0 Å². The fourth-order valence-corrected chi connectivity index (χ4v) is 3.26. The van der Waals surface area contributed by atoms with Gasteiger partial charge in [-0.1, -0.05) is 13.8 Å². The van der Waals surface area contributed by atoms with Crippen LogP contribution in [0.15, 0.2) is 17.4 Å². The van der Waals surface area contributed by atoms with Crippen LogP contribution < -0.4 is 10.6 Å². The Balaban J connectivity index is 2.73. The molecule has 0 bridgehead atoms. The van der Waals surface area contributed by atoms with Crippen molar-refractivity contribution in [2.45, 2.75) is 64.8 Å². The van der Waals surface area contributed by atoms with Crippen LogP contribution in [0.5, 0.6) is 0 Å². The van der Waals surface area contributed by atoms with Gasteiger partial charge in [-0.2, -0.15) is 13.2 Å². The average molecular weight is 435 g/mol. The van der Waals surface area contributed by atoms with Crippen molar-refractivity contribution in [3.05, 3.63) is 18.2 Å². The van der Waals surface area contributed by atoms with E-state index in [1.807, 2.05) is 13.8 Å². The van der Waals surface area contributed by atoms with Gasteiger partial charge in [-0.15, -0.1) is 0 Å². The first-order chi connectivity index (χ1) is 14.1. The van der Waals surface area contributed by atoms with E-state index < -0.39 is 24.0 Å². The minimum absolute atomic E-state index is 0.120. The number of aryl methyl sites for hydroxylation is 1. The highest BCUT2D eigenvalue weighted by Crippen LogP contribution is 2.40. The summed E-state index contributed by atoms with van der Waals surface area (Å²) in [6.45, 7) is 11.6. The third kappa shape index (κ3) is 7.46. The molecule has 0 saturated carbocycles. The lowest BCUT2D eigenvalue weighted by Crippen LogP contribution is -2.46. The molecule has 1 aromatic rings. The van der Waals surface area contributed by atoms with Gasteiger partial charge in [-0.25, -0.2) is 4.98 Å². The van der Waals surface area contributed by atoms with Gasteiger partial charge >= 0.3 is 6.18 Å². The molecule has 0 aliphatic rings. The average Bonchev–Trinajstić information content (AvgIpc) is 3.10. The van der Waals surface area contributed by atoms with Gasteiger partial charge in [0.2, 0.25) is 5.60 Å². The molecule has 0 aromatic carbocycles. The van der Waals surface area contributed by atoms with E-state index in [1.165, 1.54) is 24.0 Å². The Morgan fingerprint density at radius 2 is 1.97 bits per heavy atom. The lowest BCUT2D eigenvalue weighted by Gasteiger charge is -2.29. The topological polar surface area (TPSA) is 77.7 Å². The normalized spacial score (nSPS) is 15.9. The molecule has 7 nitrogen and oxygen atoms in total. The third-order valence-electron chi connectivity index (χ3n) is 5.14. The zero-order valence-corrected chi connectivity index (χ0v) is 18.8. The van der Waals surface area contributed by atoms with Crippen molar-refractivity contribution in [2.24, 2.45) is 12.0 Å². The smallest absolute Gasteiger partial charge is 0.374 e. The van der Waals surface area contributed by atoms with Crippen LogP contribution in [0.25, 0.3) is 0 Å². The van der Waals surface area contributed by atoms with E-state index in [0.717, 1.165) is 32.5 Å². The van der Waals surface area contributed by atoms with Crippen LogP contribution in [-0.2, 0) is 12.6 Å². The van der Waals surface area contributed by atoms with Crippen LogP contribution in [0.4, 0.5) is 13.2 Å². The molecular weight excluding hydrogens is 397 g/mol. The number of imidazole rings is 1. The molecule has 2 unspecified atom stereocenters. The van der Waals surface area contributed by atoms with Gasteiger partial charge in [-0.05, 0) is 46.3 Å². The molecule has 1 rings (SSSR count). The fraction of sp³-hybridized carbons (Fsp3) is 0.800. The number of hydrogen-bond donors (Lipinski definition) is 3. The van der Waals surface area contributed by atoms with Crippen molar-refractivity contribution in [3.63, 3.8) is 0 Å². The van der Waals surface area contributed by atoms with Crippen LogP contribution in [-0.4, -0.2) is 70.5 Å². The number of nitrogens with zero attached hydrogens (tertiary/aromatic N) is 4. The van der Waals surface area contributed by atoms with Crippen molar-refractivity contribution in [1.29, 1.82) is 0 Å². The van der Waals surface area contributed by atoms with Crippen molar-refractivity contribution in [1.82, 2.24) is 25.1 Å². The van der Waals surface area contributed by atoms with Gasteiger partial charge in [0, 0.05) is 45.0 Å². The summed E-state index contributed by atoms with van der Waals surface area (Å²) >= 11 is 0. The zero-order chi connectivity index (χ0) is 22.8. The summed E-state index contributed by atoms with van der Waals surface area (Å²) in [6, 6.07) is 0.120. The van der Waals surface area contributed by atoms with Crippen molar-refractivity contribution in [2.75, 3.05) is 32.7 Å². The summed E-state index contributed by atoms with van der Waals surface area (Å²) < 4.78 is 42.0. The van der Waals surface area contributed by atoms with Gasteiger partial charge in [-0.3, -0.25) is 4.99 Å². The van der Waals surface area contributed by atoms with E-state index in [9.17, 15) is 18.3 Å². The third-order valence-corrected chi connectivity index (χ3v) is 5.14. The molecule has 0 spiro atoms. The molecule has 3 N–H and O–H groups in total. The van der Waals surface area contributed by atoms with E-state index in [4.69, 9.17) is 0 Å². The summed E-state index contributed by atoms with van der Waals surface area (Å²) in [4.78, 5) is 10.3. The molecule has 0 aliphatic heterocycles. The van der Waals surface area contributed by atoms with Crippen LogP contribution in [0, 0.1) is 0 Å². The van der Waals surface area contributed by atoms with Gasteiger partial charge in [0.1, 0.15) is 5.82 Å². The monoisotopic (exact) mass is 434 g/mol. The predicted octanol–water partition coefficient (Wildman–Crippen LogP) is 2.63. The first-order valence-corrected chi connectivity index (χ1v) is 10.6. The quantitative estimate of drug-likeness (QED) is 0.348. The first kappa shape index (κ1) is 26.2. The zero-order valence-electron chi connectivity index (χ0n) is 18.8. The Morgan fingerprint density at radius 3 is 2.47 bits per heavy atom. The Kier molecular flexibility index (Phi) is 10.6. The Bertz CT molecular complexity index is 645. The predicted molar refractivity (Wildman–Crippen MR) is 113 cm³/mol. The standard InChI is InChI=1S/C20H37F3N6O/c1-6-24-18(27-16(4)10-9-14-29(7-2)8-3)26-12-11-19(30,20(21,22)23)17-25-13-15-28(17)5/h13,15-16,30H,6-12,14H2,1-5H3,(H2,24,26,27). The lowest BCUT2D eigenvalue weighted by molar-refractivity contribution is -0.272. The summed E-state index contributed by atoms with van der Waals surface area (Å²) in [5.74, 6) is 0.00475. The first-order valence-electron chi connectivity index (χ1n) is 10.6. The molecule has 10 heteroatoms. The minimum atomic E-state index is -4.86. The maximum Gasteiger partial charge on any atom is 0.424 e. The summed E-state index contributed by atoms with van der Waals surface area (Å²) in [6.07, 6.45) is -0.927. The number of nitrogens with one attached hydrogen (secondary N) is 2. The second-order valence-electron chi connectivity index (χ2n) is 7.44. The Morgan fingerprint density at radius 1 is 1.30 bits per heavy atom. The van der Waals surface area contributed by atoms with E-state index in [1.54, 1.807) is 0 Å². The van der Waals surface area contributed by atoms with Crippen molar-refractivity contribution in [3.8, 4) is 0 Å². The maximum atomic E-state index is 13.6. The molecule has 174 valence electrons. The summed E-state index contributed by atoms with van der Waals surface area (Å²) in [5, 5.41) is 16.7. The highest BCUT2D eigenvalue weighted by atomic mass is 19.4. The molecule has 0 fully saturated rings. The molecule has 0 saturated heterocycles. The highest BCUT2D eigenvalue weighted by Gasteiger charge is 2.57. The Labute approximate surface area is 177 Å². The van der Waals surface area contributed by atoms with Gasteiger partial charge in [0.25, 0.3) is 0 Å². The lowest BCUT2D eigenvalue weighted by atomic mass is 9.98.